The first-order chi connectivity index (χ1) is 7.59. The molecule has 0 aliphatic carbocycles. The molecule has 1 aliphatic heterocycles. The molecule has 1 aromatic heterocycles. The number of halogens is 3. The van der Waals surface area contributed by atoms with Crippen molar-refractivity contribution in [2.75, 3.05) is 0 Å². The number of rotatable bonds is 0. The largest absolute Gasteiger partial charge is 0.342 e. The average molecular weight is 320 g/mol. The number of aryl methyl sites for hydroxylation is 1. The number of hydrogen-bond donors (Lipinski definition) is 1. The first-order valence-corrected chi connectivity index (χ1v) is 6.56. The maximum Gasteiger partial charge on any atom is 0.0836 e. The van der Waals surface area contributed by atoms with Crippen LogP contribution < -0.4 is 5.73 Å². The van der Waals surface area contributed by atoms with Crippen molar-refractivity contribution < 1.29 is 0 Å². The van der Waals surface area contributed by atoms with E-state index in [-0.39, 0.29) is 6.04 Å². The lowest BCUT2D eigenvalue weighted by molar-refractivity contribution is 0.691. The van der Waals surface area contributed by atoms with E-state index in [0.29, 0.717) is 10.0 Å². The van der Waals surface area contributed by atoms with Gasteiger partial charge in [0.05, 0.1) is 15.6 Å². The Morgan fingerprint density at radius 1 is 1.38 bits per heavy atom. The number of benzene rings is 1. The fourth-order valence-electron chi connectivity index (χ4n) is 2.32. The highest BCUT2D eigenvalue weighted by atomic mass is 79.9. The van der Waals surface area contributed by atoms with Crippen LogP contribution in [0.15, 0.2) is 16.6 Å². The summed E-state index contributed by atoms with van der Waals surface area (Å²) in [6.07, 6.45) is 0.964. The molecule has 0 unspecified atom stereocenters. The monoisotopic (exact) mass is 318 g/mol. The Balaban J connectivity index is 2.46. The minimum Gasteiger partial charge on any atom is -0.342 e. The highest BCUT2D eigenvalue weighted by molar-refractivity contribution is 9.10. The van der Waals surface area contributed by atoms with E-state index in [1.54, 1.807) is 0 Å². The van der Waals surface area contributed by atoms with Crippen molar-refractivity contribution in [3.63, 3.8) is 0 Å². The summed E-state index contributed by atoms with van der Waals surface area (Å²) in [6.45, 7) is 0.909. The Hall–Kier alpha value is -0.220. The van der Waals surface area contributed by atoms with Crippen LogP contribution in [0.3, 0.4) is 0 Å². The van der Waals surface area contributed by atoms with E-state index in [4.69, 9.17) is 28.9 Å². The molecule has 0 radical (unpaired) electrons. The molecule has 16 heavy (non-hydrogen) atoms. The van der Waals surface area contributed by atoms with Crippen LogP contribution >= 0.6 is 39.1 Å². The molecule has 2 heterocycles. The van der Waals surface area contributed by atoms with Crippen molar-refractivity contribution >= 4 is 50.0 Å². The minimum absolute atomic E-state index is 0.106. The highest BCUT2D eigenvalue weighted by Crippen LogP contribution is 2.41. The van der Waals surface area contributed by atoms with Crippen molar-refractivity contribution in [2.24, 2.45) is 5.73 Å². The molecule has 0 spiro atoms. The Morgan fingerprint density at radius 3 is 2.88 bits per heavy atom. The van der Waals surface area contributed by atoms with Gasteiger partial charge in [-0.2, -0.15) is 0 Å². The van der Waals surface area contributed by atoms with Crippen LogP contribution in [0, 0.1) is 0 Å². The molecule has 5 heteroatoms. The molecule has 1 atom stereocenters. The zero-order valence-electron chi connectivity index (χ0n) is 8.30. The molecule has 3 rings (SSSR count). The smallest absolute Gasteiger partial charge is 0.0836 e. The van der Waals surface area contributed by atoms with Gasteiger partial charge in [-0.1, -0.05) is 39.1 Å². The number of aromatic nitrogens is 1. The summed E-state index contributed by atoms with van der Waals surface area (Å²) in [5.74, 6) is 0. The van der Waals surface area contributed by atoms with E-state index in [2.05, 4.69) is 26.6 Å². The van der Waals surface area contributed by atoms with Crippen molar-refractivity contribution in [1.82, 2.24) is 4.57 Å². The predicted octanol–water partition coefficient (Wildman–Crippen LogP) is 4.11. The summed E-state index contributed by atoms with van der Waals surface area (Å²) in [6, 6.07) is 4.03. The Bertz CT molecular complexity index is 591. The van der Waals surface area contributed by atoms with Crippen LogP contribution in [0.5, 0.6) is 0 Å². The van der Waals surface area contributed by atoms with E-state index in [0.717, 1.165) is 34.0 Å². The van der Waals surface area contributed by atoms with E-state index in [1.807, 2.05) is 6.07 Å². The molecule has 0 saturated heterocycles. The molecule has 2 N–H and O–H groups in total. The third-order valence-corrected chi connectivity index (χ3v) is 4.53. The topological polar surface area (TPSA) is 30.9 Å². The average Bonchev–Trinajstić information content (AvgIpc) is 2.76. The van der Waals surface area contributed by atoms with Crippen molar-refractivity contribution in [2.45, 2.75) is 19.0 Å². The molecule has 1 aliphatic rings. The van der Waals surface area contributed by atoms with E-state index >= 15 is 0 Å². The maximum absolute atomic E-state index is 6.26. The summed E-state index contributed by atoms with van der Waals surface area (Å²) in [5.41, 5.74) is 8.16. The summed E-state index contributed by atoms with van der Waals surface area (Å²) in [5, 5.41) is 2.27. The van der Waals surface area contributed by atoms with Crippen LogP contribution in [-0.2, 0) is 6.54 Å². The number of nitrogens with zero attached hydrogens (tertiary/aromatic N) is 1. The van der Waals surface area contributed by atoms with Gasteiger partial charge in [-0.05, 0) is 18.6 Å². The molecule has 84 valence electrons. The van der Waals surface area contributed by atoms with Gasteiger partial charge in [-0.25, -0.2) is 0 Å². The second kappa shape index (κ2) is 3.64. The van der Waals surface area contributed by atoms with Crippen molar-refractivity contribution in [3.05, 3.63) is 32.3 Å². The molecule has 0 amide bonds. The zero-order valence-corrected chi connectivity index (χ0v) is 11.4. The van der Waals surface area contributed by atoms with Gasteiger partial charge in [-0.3, -0.25) is 0 Å². The second-order valence-electron chi connectivity index (χ2n) is 4.03. The van der Waals surface area contributed by atoms with Crippen molar-refractivity contribution in [3.8, 4) is 0 Å². The van der Waals surface area contributed by atoms with Gasteiger partial charge in [0.1, 0.15) is 0 Å². The van der Waals surface area contributed by atoms with Gasteiger partial charge in [-0.15, -0.1) is 0 Å². The van der Waals surface area contributed by atoms with Crippen LogP contribution in [0.2, 0.25) is 10.0 Å². The SMILES string of the molecule is N[C@@H]1CCn2c1cc1c(Br)cc(Cl)c(Cl)c12. The van der Waals surface area contributed by atoms with Crippen LogP contribution in [0.25, 0.3) is 10.9 Å². The van der Waals surface area contributed by atoms with Crippen molar-refractivity contribution in [1.29, 1.82) is 0 Å². The zero-order chi connectivity index (χ0) is 11.4. The van der Waals surface area contributed by atoms with Gasteiger partial charge >= 0.3 is 0 Å². The number of hydrogen-bond acceptors (Lipinski definition) is 1. The summed E-state index contributed by atoms with van der Waals surface area (Å²) >= 11 is 15.8. The molecule has 0 fully saturated rings. The van der Waals surface area contributed by atoms with Crippen LogP contribution in [0.1, 0.15) is 18.2 Å². The third kappa shape index (κ3) is 1.35. The lowest BCUT2D eigenvalue weighted by atomic mass is 10.2. The lowest BCUT2D eigenvalue weighted by Gasteiger charge is -2.05. The van der Waals surface area contributed by atoms with Gasteiger partial charge < -0.3 is 10.3 Å². The first-order valence-electron chi connectivity index (χ1n) is 5.02. The van der Waals surface area contributed by atoms with Crippen LogP contribution in [0.4, 0.5) is 0 Å². The summed E-state index contributed by atoms with van der Waals surface area (Å²) in [7, 11) is 0. The van der Waals surface area contributed by atoms with Gasteiger partial charge in [0.15, 0.2) is 0 Å². The summed E-state index contributed by atoms with van der Waals surface area (Å²) in [4.78, 5) is 0. The van der Waals surface area contributed by atoms with E-state index in [1.165, 1.54) is 0 Å². The standard InChI is InChI=1S/C11H9BrCl2N2/c12-6-4-7(13)10(14)11-5(6)3-9-8(15)1-2-16(9)11/h3-4,8H,1-2,15H2/t8-/m1/s1. The van der Waals surface area contributed by atoms with Gasteiger partial charge in [0, 0.05) is 28.1 Å². The first kappa shape index (κ1) is 10.9. The maximum atomic E-state index is 6.26. The van der Waals surface area contributed by atoms with Gasteiger partial charge in [0.25, 0.3) is 0 Å². The molecule has 1 aromatic carbocycles. The summed E-state index contributed by atoms with van der Waals surface area (Å²) < 4.78 is 3.13. The second-order valence-corrected chi connectivity index (χ2v) is 5.67. The highest BCUT2D eigenvalue weighted by Gasteiger charge is 2.24. The lowest BCUT2D eigenvalue weighted by Crippen LogP contribution is -2.04. The van der Waals surface area contributed by atoms with E-state index < -0.39 is 0 Å². The Morgan fingerprint density at radius 2 is 2.12 bits per heavy atom. The normalized spacial score (nSPS) is 19.4. The molecular formula is C11H9BrCl2N2. The van der Waals surface area contributed by atoms with Gasteiger partial charge in [0.2, 0.25) is 0 Å². The minimum atomic E-state index is 0.106. The fourth-order valence-corrected chi connectivity index (χ4v) is 3.44. The third-order valence-electron chi connectivity index (χ3n) is 3.10. The molecule has 2 nitrogen and oxygen atoms in total. The number of nitrogens with two attached hydrogens (primary N) is 1. The molecule has 2 aromatic rings. The molecule has 0 saturated carbocycles. The molecular weight excluding hydrogens is 311 g/mol. The Labute approximate surface area is 111 Å². The number of fused-ring (bicyclic) bond motifs is 3. The van der Waals surface area contributed by atoms with E-state index in [9.17, 15) is 0 Å². The Kier molecular flexibility index (Phi) is 2.48. The predicted molar refractivity (Wildman–Crippen MR) is 71.2 cm³/mol. The molecule has 0 bridgehead atoms. The fraction of sp³-hybridized carbons (Fsp3) is 0.273. The quantitative estimate of drug-likeness (QED) is 0.728. The van der Waals surface area contributed by atoms with Crippen LogP contribution in [-0.4, -0.2) is 4.57 Å².